The van der Waals surface area contributed by atoms with Crippen LogP contribution in [0.4, 0.5) is 0 Å². The van der Waals surface area contributed by atoms with Gasteiger partial charge < -0.3 is 29.2 Å². The molecule has 0 unspecified atom stereocenters. The van der Waals surface area contributed by atoms with Gasteiger partial charge in [0.2, 0.25) is 16.7 Å². The Balaban J connectivity index is 3.49. The van der Waals surface area contributed by atoms with Gasteiger partial charge in [-0.1, -0.05) is 0 Å². The Morgan fingerprint density at radius 1 is 0.889 bits per heavy atom. The van der Waals surface area contributed by atoms with Crippen LogP contribution in [0.3, 0.4) is 0 Å². The van der Waals surface area contributed by atoms with Crippen LogP contribution < -0.4 is 18.9 Å². The average Bonchev–Trinajstić information content (AvgIpc) is 2.59. The molecule has 9 nitrogen and oxygen atoms in total. The number of carboxylic acid groups (broad SMARTS) is 2. The molecular weight excluding hydrogens is 384 g/mol. The van der Waals surface area contributed by atoms with Crippen LogP contribution in [0.1, 0.15) is 24.0 Å². The van der Waals surface area contributed by atoms with Crippen molar-refractivity contribution >= 4 is 28.8 Å². The molecule has 10 heteroatoms. The number of halogens is 1. The van der Waals surface area contributed by atoms with Crippen LogP contribution in [0, 0.1) is 6.92 Å². The number of methoxy groups -OCH3 is 2. The van der Waals surface area contributed by atoms with Gasteiger partial charge >= 0.3 is 11.9 Å². The molecule has 0 aromatic heterocycles. The van der Waals surface area contributed by atoms with E-state index < -0.39 is 30.4 Å². The van der Waals surface area contributed by atoms with Crippen molar-refractivity contribution in [2.45, 2.75) is 26.2 Å². The standard InChI is InChI=1S/C17H21ClO9/c1-9-10(5-4-6-11(18)19)15(27-8-13(22)23)17(25-3)16(24-2)14(9)26-7-12(20)21/h4-8H2,1-3H3,(H,20,21)(H,22,23). The highest BCUT2D eigenvalue weighted by Gasteiger charge is 2.27. The predicted octanol–water partition coefficient (Wildman–Crippen LogP) is 2.03. The topological polar surface area (TPSA) is 129 Å². The first-order chi connectivity index (χ1) is 12.7. The monoisotopic (exact) mass is 404 g/mol. The number of hydrogen-bond donors (Lipinski definition) is 2. The zero-order chi connectivity index (χ0) is 20.6. The summed E-state index contributed by atoms with van der Waals surface area (Å²) in [5, 5.41) is 17.3. The average molecular weight is 405 g/mol. The molecule has 0 saturated heterocycles. The van der Waals surface area contributed by atoms with Crippen molar-refractivity contribution in [1.29, 1.82) is 0 Å². The van der Waals surface area contributed by atoms with E-state index in [1.807, 2.05) is 0 Å². The minimum Gasteiger partial charge on any atom is -0.490 e. The number of ether oxygens (including phenoxy) is 4. The van der Waals surface area contributed by atoms with Crippen molar-refractivity contribution in [2.24, 2.45) is 0 Å². The van der Waals surface area contributed by atoms with E-state index in [1.165, 1.54) is 14.2 Å². The molecule has 150 valence electrons. The summed E-state index contributed by atoms with van der Waals surface area (Å²) in [7, 11) is 2.66. The molecule has 1 aromatic rings. The minimum atomic E-state index is -1.19. The van der Waals surface area contributed by atoms with Gasteiger partial charge in [0.1, 0.15) is 0 Å². The van der Waals surface area contributed by atoms with E-state index in [1.54, 1.807) is 6.92 Å². The van der Waals surface area contributed by atoms with E-state index >= 15 is 0 Å². The third-order valence-electron chi connectivity index (χ3n) is 3.57. The van der Waals surface area contributed by atoms with Crippen LogP contribution in [0.2, 0.25) is 0 Å². The Hall–Kier alpha value is -2.68. The molecule has 0 aliphatic heterocycles. The van der Waals surface area contributed by atoms with Crippen LogP contribution in [0.5, 0.6) is 23.0 Å². The molecule has 0 aliphatic carbocycles. The second-order valence-electron chi connectivity index (χ2n) is 5.40. The van der Waals surface area contributed by atoms with E-state index in [0.29, 0.717) is 24.0 Å². The third-order valence-corrected chi connectivity index (χ3v) is 3.76. The maximum atomic E-state index is 11.0. The summed E-state index contributed by atoms with van der Waals surface area (Å²) in [6.07, 6.45) is 0.752. The van der Waals surface area contributed by atoms with E-state index in [2.05, 4.69) is 0 Å². The van der Waals surface area contributed by atoms with Crippen molar-refractivity contribution in [3.63, 3.8) is 0 Å². The smallest absolute Gasteiger partial charge is 0.341 e. The van der Waals surface area contributed by atoms with Gasteiger partial charge in [-0.3, -0.25) is 4.79 Å². The van der Waals surface area contributed by atoms with Crippen LogP contribution in [0.25, 0.3) is 0 Å². The van der Waals surface area contributed by atoms with Gasteiger partial charge in [-0.25, -0.2) is 9.59 Å². The summed E-state index contributed by atoms with van der Waals surface area (Å²) in [5.41, 5.74) is 0.989. The highest BCUT2D eigenvalue weighted by atomic mass is 35.5. The molecule has 0 saturated carbocycles. The first-order valence-corrected chi connectivity index (χ1v) is 8.25. The lowest BCUT2D eigenvalue weighted by molar-refractivity contribution is -0.140. The molecule has 0 heterocycles. The quantitative estimate of drug-likeness (QED) is 0.502. The number of benzene rings is 1. The van der Waals surface area contributed by atoms with E-state index in [4.69, 9.17) is 40.8 Å². The summed E-state index contributed by atoms with van der Waals surface area (Å²) < 4.78 is 21.3. The molecule has 1 aromatic carbocycles. The van der Waals surface area contributed by atoms with Crippen LogP contribution in [0.15, 0.2) is 0 Å². The summed E-state index contributed by atoms with van der Waals surface area (Å²) in [6, 6.07) is 0. The van der Waals surface area contributed by atoms with Gasteiger partial charge in [0.15, 0.2) is 24.7 Å². The molecular formula is C17H21ClO9. The highest BCUT2D eigenvalue weighted by molar-refractivity contribution is 6.63. The van der Waals surface area contributed by atoms with Crippen molar-refractivity contribution < 1.29 is 43.5 Å². The summed E-state index contributed by atoms with van der Waals surface area (Å²) in [6.45, 7) is 0.398. The lowest BCUT2D eigenvalue weighted by atomic mass is 9.99. The second kappa shape index (κ2) is 10.5. The van der Waals surface area contributed by atoms with Gasteiger partial charge in [0.05, 0.1) is 14.2 Å². The van der Waals surface area contributed by atoms with Crippen LogP contribution in [-0.4, -0.2) is 54.8 Å². The van der Waals surface area contributed by atoms with Gasteiger partial charge in [-0.2, -0.15) is 0 Å². The number of carbonyl (C=O) groups is 3. The van der Waals surface area contributed by atoms with Gasteiger partial charge in [-0.15, -0.1) is 0 Å². The second-order valence-corrected chi connectivity index (χ2v) is 5.82. The van der Waals surface area contributed by atoms with Gasteiger partial charge in [0, 0.05) is 17.5 Å². The largest absolute Gasteiger partial charge is 0.490 e. The van der Waals surface area contributed by atoms with Crippen LogP contribution in [-0.2, 0) is 20.8 Å². The fourth-order valence-corrected chi connectivity index (χ4v) is 2.62. The first kappa shape index (κ1) is 22.4. The normalized spacial score (nSPS) is 10.2. The van der Waals surface area contributed by atoms with E-state index in [-0.39, 0.29) is 29.4 Å². The predicted molar refractivity (Wildman–Crippen MR) is 94.3 cm³/mol. The number of carboxylic acids is 2. The number of carbonyl (C=O) groups excluding carboxylic acids is 1. The number of rotatable bonds is 12. The number of aliphatic carboxylic acids is 2. The van der Waals surface area contributed by atoms with Crippen molar-refractivity contribution in [2.75, 3.05) is 27.4 Å². The lowest BCUT2D eigenvalue weighted by Gasteiger charge is -2.22. The first-order valence-electron chi connectivity index (χ1n) is 7.87. The zero-order valence-electron chi connectivity index (χ0n) is 15.2. The molecule has 0 bridgehead atoms. The van der Waals surface area contributed by atoms with E-state index in [0.717, 1.165) is 0 Å². The summed E-state index contributed by atoms with van der Waals surface area (Å²) in [4.78, 5) is 32.8. The molecule has 1 rings (SSSR count). The Labute approximate surface area is 160 Å². The molecule has 27 heavy (non-hydrogen) atoms. The highest BCUT2D eigenvalue weighted by Crippen LogP contribution is 2.50. The van der Waals surface area contributed by atoms with Crippen molar-refractivity contribution in [3.05, 3.63) is 11.1 Å². The van der Waals surface area contributed by atoms with Gasteiger partial charge in [-0.05, 0) is 31.4 Å². The van der Waals surface area contributed by atoms with Crippen molar-refractivity contribution in [1.82, 2.24) is 0 Å². The van der Waals surface area contributed by atoms with Crippen molar-refractivity contribution in [3.8, 4) is 23.0 Å². The molecule has 0 amide bonds. The molecule has 2 N–H and O–H groups in total. The SMILES string of the molecule is COc1c(OCC(=O)O)c(C)c(CCCC(=O)Cl)c(OCC(=O)O)c1OC. The zero-order valence-corrected chi connectivity index (χ0v) is 15.9. The Morgan fingerprint density at radius 3 is 1.81 bits per heavy atom. The Morgan fingerprint density at radius 2 is 1.37 bits per heavy atom. The Bertz CT molecular complexity index is 715. The van der Waals surface area contributed by atoms with Crippen LogP contribution >= 0.6 is 11.6 Å². The number of hydrogen-bond acceptors (Lipinski definition) is 7. The van der Waals surface area contributed by atoms with Gasteiger partial charge in [0.25, 0.3) is 0 Å². The maximum Gasteiger partial charge on any atom is 0.341 e. The summed E-state index contributed by atoms with van der Waals surface area (Å²) >= 11 is 5.37. The summed E-state index contributed by atoms with van der Waals surface area (Å²) in [5.74, 6) is -1.98. The lowest BCUT2D eigenvalue weighted by Crippen LogP contribution is -2.15. The minimum absolute atomic E-state index is 0.0666. The Kier molecular flexibility index (Phi) is 8.67. The third kappa shape index (κ3) is 6.21. The molecule has 0 fully saturated rings. The molecule has 0 spiro atoms. The fraction of sp³-hybridized carbons (Fsp3) is 0.471. The molecule has 0 aliphatic rings. The molecule has 0 atom stereocenters. The maximum absolute atomic E-state index is 11.0. The fourth-order valence-electron chi connectivity index (χ4n) is 2.49. The van der Waals surface area contributed by atoms with E-state index in [9.17, 15) is 14.4 Å². The molecule has 0 radical (unpaired) electrons.